The molecule has 0 aliphatic carbocycles. The second-order valence-corrected chi connectivity index (χ2v) is 5.93. The van der Waals surface area contributed by atoms with E-state index in [4.69, 9.17) is 0 Å². The Balaban J connectivity index is 2.08. The number of aromatic nitrogens is 2. The van der Waals surface area contributed by atoms with Gasteiger partial charge in [0.25, 0.3) is 5.56 Å². The summed E-state index contributed by atoms with van der Waals surface area (Å²) < 4.78 is 0. The van der Waals surface area contributed by atoms with Crippen LogP contribution in [0.25, 0.3) is 0 Å². The lowest BCUT2D eigenvalue weighted by molar-refractivity contribution is -0.115. The number of nitrogens with one attached hydrogen (secondary N) is 2. The van der Waals surface area contributed by atoms with Gasteiger partial charge in [-0.25, -0.2) is 4.98 Å². The lowest BCUT2D eigenvalue weighted by Crippen LogP contribution is -2.25. The fourth-order valence-corrected chi connectivity index (χ4v) is 2.79. The van der Waals surface area contributed by atoms with Gasteiger partial charge in [0.2, 0.25) is 5.91 Å². The molecule has 0 saturated carbocycles. The van der Waals surface area contributed by atoms with Crippen LogP contribution in [-0.4, -0.2) is 26.2 Å². The Hall–Kier alpha value is -2.28. The normalized spacial score (nSPS) is 11.9. The first kappa shape index (κ1) is 16.1. The molecule has 0 bridgehead atoms. The number of rotatable bonds is 5. The summed E-state index contributed by atoms with van der Waals surface area (Å²) in [6.07, 6.45) is 0.590. The van der Waals surface area contributed by atoms with Crippen molar-refractivity contribution in [2.24, 2.45) is 0 Å². The monoisotopic (exact) mass is 319 g/mol. The molecule has 0 radical (unpaired) electrons. The van der Waals surface area contributed by atoms with Crippen LogP contribution in [0.3, 0.4) is 0 Å². The third-order valence-corrected chi connectivity index (χ3v) is 4.15. The van der Waals surface area contributed by atoms with Crippen molar-refractivity contribution in [3.63, 3.8) is 0 Å². The van der Waals surface area contributed by atoms with Crippen molar-refractivity contribution < 1.29 is 9.90 Å². The van der Waals surface area contributed by atoms with Crippen molar-refractivity contribution in [2.75, 3.05) is 5.32 Å². The largest absolute Gasteiger partial charge is 0.508 e. The molecule has 1 atom stereocenters. The summed E-state index contributed by atoms with van der Waals surface area (Å²) in [6, 6.07) is 7.66. The van der Waals surface area contributed by atoms with Crippen LogP contribution in [-0.2, 0) is 4.79 Å². The number of carbonyl (C=O) groups is 1. The van der Waals surface area contributed by atoms with Gasteiger partial charge in [0, 0.05) is 17.4 Å². The Kier molecular flexibility index (Phi) is 5.21. The number of aryl methyl sites for hydroxylation is 1. The third-order valence-electron chi connectivity index (χ3n) is 2.90. The molecule has 1 unspecified atom stereocenters. The highest BCUT2D eigenvalue weighted by Crippen LogP contribution is 2.23. The van der Waals surface area contributed by atoms with E-state index in [2.05, 4.69) is 15.3 Å². The second-order valence-electron chi connectivity index (χ2n) is 4.74. The fraction of sp³-hybridized carbons (Fsp3) is 0.267. The van der Waals surface area contributed by atoms with Crippen LogP contribution in [0.2, 0.25) is 0 Å². The number of anilines is 1. The molecular weight excluding hydrogens is 302 g/mol. The van der Waals surface area contributed by atoms with Gasteiger partial charge in [-0.05, 0) is 37.6 Å². The minimum Gasteiger partial charge on any atom is -0.508 e. The number of H-pyrrole nitrogens is 1. The zero-order valence-electron chi connectivity index (χ0n) is 12.3. The number of thioether (sulfide) groups is 1. The molecule has 0 fully saturated rings. The quantitative estimate of drug-likeness (QED) is 0.446. The summed E-state index contributed by atoms with van der Waals surface area (Å²) in [6.45, 7) is 3.62. The van der Waals surface area contributed by atoms with E-state index in [0.717, 1.165) is 0 Å². The van der Waals surface area contributed by atoms with Crippen LogP contribution < -0.4 is 10.9 Å². The maximum Gasteiger partial charge on any atom is 0.251 e. The van der Waals surface area contributed by atoms with Crippen LogP contribution in [0.5, 0.6) is 5.75 Å². The first-order valence-electron chi connectivity index (χ1n) is 6.82. The maximum atomic E-state index is 12.3. The van der Waals surface area contributed by atoms with Crippen LogP contribution in [0, 0.1) is 6.92 Å². The minimum absolute atomic E-state index is 0.140. The number of nitrogens with zero attached hydrogens (tertiary/aromatic N) is 1. The van der Waals surface area contributed by atoms with Gasteiger partial charge in [-0.2, -0.15) is 0 Å². The standard InChI is InChI=1S/C15H17N3O3S/c1-3-12(22-15-16-9(2)8-13(20)18-15)14(21)17-10-4-6-11(19)7-5-10/h4-8,12,19H,3H2,1-2H3,(H,17,21)(H,16,18,20). The Morgan fingerprint density at radius 2 is 2.09 bits per heavy atom. The Bertz CT molecular complexity index is 713. The van der Waals surface area contributed by atoms with Gasteiger partial charge < -0.3 is 15.4 Å². The van der Waals surface area contributed by atoms with Crippen molar-refractivity contribution in [3.05, 3.63) is 46.4 Å². The Labute approximate surface area is 132 Å². The number of hydrogen-bond donors (Lipinski definition) is 3. The molecule has 6 nitrogen and oxygen atoms in total. The SMILES string of the molecule is CCC(Sc1nc(C)cc(=O)[nH]1)C(=O)Nc1ccc(O)cc1. The number of hydrogen-bond acceptors (Lipinski definition) is 5. The average Bonchev–Trinajstić information content (AvgIpc) is 2.46. The number of amides is 1. The minimum atomic E-state index is -0.376. The van der Waals surface area contributed by atoms with Crippen LogP contribution in [0.15, 0.2) is 40.3 Å². The zero-order valence-corrected chi connectivity index (χ0v) is 13.1. The van der Waals surface area contributed by atoms with E-state index in [-0.39, 0.29) is 22.5 Å². The summed E-state index contributed by atoms with van der Waals surface area (Å²) in [4.78, 5) is 30.6. The number of phenols is 1. The van der Waals surface area contributed by atoms with Crippen molar-refractivity contribution in [2.45, 2.75) is 30.7 Å². The number of benzene rings is 1. The summed E-state index contributed by atoms with van der Waals surface area (Å²) in [7, 11) is 0. The van der Waals surface area contributed by atoms with Crippen molar-refractivity contribution in [3.8, 4) is 5.75 Å². The smallest absolute Gasteiger partial charge is 0.251 e. The van der Waals surface area contributed by atoms with Gasteiger partial charge in [0.05, 0.1) is 5.25 Å². The molecule has 116 valence electrons. The molecule has 7 heteroatoms. The van der Waals surface area contributed by atoms with Crippen molar-refractivity contribution in [1.29, 1.82) is 0 Å². The Morgan fingerprint density at radius 3 is 2.68 bits per heavy atom. The lowest BCUT2D eigenvalue weighted by Gasteiger charge is -2.14. The van der Waals surface area contributed by atoms with E-state index in [9.17, 15) is 14.7 Å². The third kappa shape index (κ3) is 4.36. The highest BCUT2D eigenvalue weighted by atomic mass is 32.2. The van der Waals surface area contributed by atoms with Crippen LogP contribution >= 0.6 is 11.8 Å². The molecular formula is C15H17N3O3S. The summed E-state index contributed by atoms with van der Waals surface area (Å²) in [5.41, 5.74) is 0.983. The molecule has 0 aliphatic heterocycles. The predicted octanol–water partition coefficient (Wildman–Crippen LogP) is 2.29. The van der Waals surface area contributed by atoms with Crippen LogP contribution in [0.4, 0.5) is 5.69 Å². The van der Waals surface area contributed by atoms with E-state index < -0.39 is 0 Å². The molecule has 2 aromatic rings. The molecule has 1 aromatic heterocycles. The molecule has 22 heavy (non-hydrogen) atoms. The molecule has 0 saturated heterocycles. The van der Waals surface area contributed by atoms with Gasteiger partial charge in [0.1, 0.15) is 5.75 Å². The molecule has 0 aliphatic rings. The number of phenolic OH excluding ortho intramolecular Hbond substituents is 1. The first-order chi connectivity index (χ1) is 10.5. The summed E-state index contributed by atoms with van der Waals surface area (Å²) in [5, 5.41) is 12.1. The van der Waals surface area contributed by atoms with E-state index >= 15 is 0 Å². The van der Waals surface area contributed by atoms with E-state index in [1.807, 2.05) is 6.92 Å². The number of aromatic hydroxyl groups is 1. The lowest BCUT2D eigenvalue weighted by atomic mass is 10.2. The van der Waals surface area contributed by atoms with Crippen LogP contribution in [0.1, 0.15) is 19.0 Å². The summed E-state index contributed by atoms with van der Waals surface area (Å²) in [5.74, 6) is -0.0386. The average molecular weight is 319 g/mol. The van der Waals surface area contributed by atoms with E-state index in [0.29, 0.717) is 23.0 Å². The van der Waals surface area contributed by atoms with Crippen molar-refractivity contribution in [1.82, 2.24) is 9.97 Å². The fourth-order valence-electron chi connectivity index (χ4n) is 1.83. The number of carbonyl (C=O) groups excluding carboxylic acids is 1. The van der Waals surface area contributed by atoms with Gasteiger partial charge in [-0.15, -0.1) is 0 Å². The highest BCUT2D eigenvalue weighted by Gasteiger charge is 2.19. The van der Waals surface area contributed by atoms with Crippen molar-refractivity contribution >= 4 is 23.4 Å². The first-order valence-corrected chi connectivity index (χ1v) is 7.70. The van der Waals surface area contributed by atoms with Gasteiger partial charge >= 0.3 is 0 Å². The zero-order chi connectivity index (χ0) is 16.1. The topological polar surface area (TPSA) is 95.1 Å². The van der Waals surface area contributed by atoms with Gasteiger partial charge in [-0.1, -0.05) is 18.7 Å². The second kappa shape index (κ2) is 7.13. The highest BCUT2D eigenvalue weighted by molar-refractivity contribution is 8.00. The predicted molar refractivity (Wildman–Crippen MR) is 86.3 cm³/mol. The molecule has 1 heterocycles. The number of aromatic amines is 1. The molecule has 3 N–H and O–H groups in total. The van der Waals surface area contributed by atoms with Gasteiger partial charge in [0.15, 0.2) is 5.16 Å². The van der Waals surface area contributed by atoms with Gasteiger partial charge in [-0.3, -0.25) is 9.59 Å². The Morgan fingerprint density at radius 1 is 1.41 bits per heavy atom. The summed E-state index contributed by atoms with van der Waals surface area (Å²) >= 11 is 1.22. The van der Waals surface area contributed by atoms with E-state index in [1.165, 1.54) is 30.0 Å². The molecule has 0 spiro atoms. The molecule has 2 rings (SSSR count). The maximum absolute atomic E-state index is 12.3. The molecule has 1 aromatic carbocycles. The molecule has 1 amide bonds. The van der Waals surface area contributed by atoms with E-state index in [1.54, 1.807) is 19.1 Å².